The summed E-state index contributed by atoms with van der Waals surface area (Å²) in [5.74, 6) is 1.62. The molecular weight excluding hydrogens is 420 g/mol. The quantitative estimate of drug-likeness (QED) is 0.286. The summed E-state index contributed by atoms with van der Waals surface area (Å²) in [5, 5.41) is 28.4. The van der Waals surface area contributed by atoms with Gasteiger partial charge < -0.3 is 29.5 Å². The molecule has 0 heterocycles. The molecule has 0 aromatic heterocycles. The second-order valence-corrected chi connectivity index (χ2v) is 7.35. The van der Waals surface area contributed by atoms with Gasteiger partial charge in [-0.05, 0) is 70.7 Å². The van der Waals surface area contributed by atoms with E-state index in [-0.39, 0.29) is 24.7 Å². The van der Waals surface area contributed by atoms with Crippen LogP contribution in [0, 0.1) is 0 Å². The molecule has 0 saturated carbocycles. The van der Waals surface area contributed by atoms with Crippen LogP contribution in [0.4, 0.5) is 0 Å². The second-order valence-electron chi connectivity index (χ2n) is 7.35. The number of aromatic hydroxyl groups is 2. The highest BCUT2D eigenvalue weighted by Crippen LogP contribution is 2.38. The highest BCUT2D eigenvalue weighted by atomic mass is 16.5. The van der Waals surface area contributed by atoms with Crippen molar-refractivity contribution in [3.63, 3.8) is 0 Å². The Morgan fingerprint density at radius 2 is 1.30 bits per heavy atom. The molecule has 0 bridgehead atoms. The summed E-state index contributed by atoms with van der Waals surface area (Å²) in [6, 6.07) is 20.0. The van der Waals surface area contributed by atoms with Crippen molar-refractivity contribution >= 4 is 11.1 Å². The number of phenols is 2. The monoisotopic (exact) mass is 450 g/mol. The Labute approximate surface area is 194 Å². The average molecular weight is 451 g/mol. The minimum atomic E-state index is -0.0270. The van der Waals surface area contributed by atoms with Crippen molar-refractivity contribution in [3.8, 4) is 23.0 Å². The first-order chi connectivity index (χ1) is 16.1. The van der Waals surface area contributed by atoms with Crippen LogP contribution in [-0.2, 0) is 4.74 Å². The van der Waals surface area contributed by atoms with Gasteiger partial charge in [-0.3, -0.25) is 0 Å². The lowest BCUT2D eigenvalue weighted by Crippen LogP contribution is -2.09. The molecule has 0 saturated heterocycles. The Kier molecular flexibility index (Phi) is 8.75. The second kappa shape index (κ2) is 11.9. The fourth-order valence-electron chi connectivity index (χ4n) is 3.65. The van der Waals surface area contributed by atoms with Gasteiger partial charge in [-0.25, -0.2) is 0 Å². The summed E-state index contributed by atoms with van der Waals surface area (Å²) in [5.41, 5.74) is 4.95. The SMILES string of the molecule is CCC(=C(c1ccc(O)cc1)c1ccc(O)cc1)c1ccc(OC)c(OCCOCCO)c1. The summed E-state index contributed by atoms with van der Waals surface area (Å²) in [6.07, 6.45) is 0.739. The highest BCUT2D eigenvalue weighted by Gasteiger charge is 2.16. The van der Waals surface area contributed by atoms with E-state index in [4.69, 9.17) is 19.3 Å². The maximum absolute atomic E-state index is 9.79. The van der Waals surface area contributed by atoms with Gasteiger partial charge >= 0.3 is 0 Å². The maximum Gasteiger partial charge on any atom is 0.161 e. The van der Waals surface area contributed by atoms with Crippen molar-refractivity contribution in [1.29, 1.82) is 0 Å². The molecule has 3 rings (SSSR count). The Morgan fingerprint density at radius 1 is 0.727 bits per heavy atom. The van der Waals surface area contributed by atoms with E-state index in [1.165, 1.54) is 0 Å². The smallest absolute Gasteiger partial charge is 0.161 e. The Bertz CT molecular complexity index is 1010. The minimum absolute atomic E-state index is 0.0270. The lowest BCUT2D eigenvalue weighted by atomic mass is 9.88. The van der Waals surface area contributed by atoms with Crippen molar-refractivity contribution in [2.45, 2.75) is 13.3 Å². The topological polar surface area (TPSA) is 88.4 Å². The number of allylic oxidation sites excluding steroid dienone is 1. The summed E-state index contributed by atoms with van der Waals surface area (Å²) >= 11 is 0. The number of ether oxygens (including phenoxy) is 3. The molecule has 6 nitrogen and oxygen atoms in total. The van der Waals surface area contributed by atoms with E-state index < -0.39 is 0 Å². The van der Waals surface area contributed by atoms with Crippen LogP contribution in [0.5, 0.6) is 23.0 Å². The maximum atomic E-state index is 9.79. The highest BCUT2D eigenvalue weighted by molar-refractivity contribution is 5.98. The Morgan fingerprint density at radius 3 is 1.82 bits per heavy atom. The summed E-state index contributed by atoms with van der Waals surface area (Å²) in [4.78, 5) is 0. The fourth-order valence-corrected chi connectivity index (χ4v) is 3.65. The lowest BCUT2D eigenvalue weighted by Gasteiger charge is -2.18. The molecule has 0 aliphatic rings. The van der Waals surface area contributed by atoms with Gasteiger partial charge in [0.05, 0.1) is 26.9 Å². The van der Waals surface area contributed by atoms with Gasteiger partial charge in [0.25, 0.3) is 0 Å². The van der Waals surface area contributed by atoms with Crippen LogP contribution in [0.25, 0.3) is 11.1 Å². The summed E-state index contributed by atoms with van der Waals surface area (Å²) in [7, 11) is 1.60. The molecule has 0 unspecified atom stereocenters. The van der Waals surface area contributed by atoms with E-state index in [9.17, 15) is 10.2 Å². The molecule has 0 fully saturated rings. The van der Waals surface area contributed by atoms with E-state index >= 15 is 0 Å². The largest absolute Gasteiger partial charge is 0.508 e. The van der Waals surface area contributed by atoms with Crippen molar-refractivity contribution in [2.24, 2.45) is 0 Å². The molecule has 3 N–H and O–H groups in total. The van der Waals surface area contributed by atoms with E-state index in [0.29, 0.717) is 24.7 Å². The zero-order chi connectivity index (χ0) is 23.6. The zero-order valence-corrected chi connectivity index (χ0v) is 19.0. The number of hydrogen-bond acceptors (Lipinski definition) is 6. The van der Waals surface area contributed by atoms with Crippen LogP contribution in [0.2, 0.25) is 0 Å². The van der Waals surface area contributed by atoms with Gasteiger partial charge in [0.15, 0.2) is 11.5 Å². The zero-order valence-electron chi connectivity index (χ0n) is 19.0. The number of benzene rings is 3. The predicted molar refractivity (Wildman–Crippen MR) is 129 cm³/mol. The van der Waals surface area contributed by atoms with Crippen LogP contribution >= 0.6 is 0 Å². The van der Waals surface area contributed by atoms with Crippen LogP contribution in [0.1, 0.15) is 30.0 Å². The molecule has 0 amide bonds. The third-order valence-corrected chi connectivity index (χ3v) is 5.20. The number of methoxy groups -OCH3 is 1. The van der Waals surface area contributed by atoms with Gasteiger partial charge in [0.2, 0.25) is 0 Å². The number of phenolic OH excluding ortho intramolecular Hbond substituents is 2. The van der Waals surface area contributed by atoms with Gasteiger partial charge in [-0.1, -0.05) is 37.3 Å². The van der Waals surface area contributed by atoms with Crippen molar-refractivity contribution in [1.82, 2.24) is 0 Å². The normalized spacial score (nSPS) is 10.6. The summed E-state index contributed by atoms with van der Waals surface area (Å²) in [6.45, 7) is 3.01. The van der Waals surface area contributed by atoms with Crippen LogP contribution < -0.4 is 9.47 Å². The first kappa shape index (κ1) is 24.2. The molecule has 0 aliphatic heterocycles. The number of rotatable bonds is 11. The van der Waals surface area contributed by atoms with Gasteiger partial charge in [-0.2, -0.15) is 0 Å². The number of aliphatic hydroxyl groups is 1. The lowest BCUT2D eigenvalue weighted by molar-refractivity contribution is 0.0699. The van der Waals surface area contributed by atoms with Crippen molar-refractivity contribution in [3.05, 3.63) is 83.4 Å². The van der Waals surface area contributed by atoms with Crippen LogP contribution in [0.3, 0.4) is 0 Å². The van der Waals surface area contributed by atoms with Gasteiger partial charge in [0, 0.05) is 0 Å². The third kappa shape index (κ3) is 6.28. The standard InChI is InChI=1S/C27H30O6/c1-3-24(21-8-13-25(31-2)26(18-21)33-17-16-32-15-14-28)27(19-4-9-22(29)10-5-19)20-6-11-23(30)12-7-20/h4-13,18,28-30H,3,14-17H2,1-2H3. The average Bonchev–Trinajstić information content (AvgIpc) is 2.84. The molecule has 33 heavy (non-hydrogen) atoms. The molecule has 0 atom stereocenters. The summed E-state index contributed by atoms with van der Waals surface area (Å²) < 4.78 is 16.7. The van der Waals surface area contributed by atoms with E-state index in [1.54, 1.807) is 31.4 Å². The fraction of sp³-hybridized carbons (Fsp3) is 0.259. The molecule has 3 aromatic rings. The van der Waals surface area contributed by atoms with Gasteiger partial charge in [-0.15, -0.1) is 0 Å². The minimum Gasteiger partial charge on any atom is -0.508 e. The van der Waals surface area contributed by atoms with Crippen molar-refractivity contribution in [2.75, 3.05) is 33.5 Å². The molecule has 0 aliphatic carbocycles. The molecule has 3 aromatic carbocycles. The molecule has 0 radical (unpaired) electrons. The predicted octanol–water partition coefficient (Wildman–Crippen LogP) is 4.86. The third-order valence-electron chi connectivity index (χ3n) is 5.20. The first-order valence-corrected chi connectivity index (χ1v) is 10.9. The van der Waals surface area contributed by atoms with E-state index in [1.807, 2.05) is 42.5 Å². The number of hydrogen-bond donors (Lipinski definition) is 3. The number of aliphatic hydroxyl groups excluding tert-OH is 1. The molecular formula is C27H30O6. The van der Waals surface area contributed by atoms with Crippen LogP contribution in [-0.4, -0.2) is 48.9 Å². The van der Waals surface area contributed by atoms with Gasteiger partial charge in [0.1, 0.15) is 18.1 Å². The molecule has 0 spiro atoms. The van der Waals surface area contributed by atoms with E-state index in [2.05, 4.69) is 6.92 Å². The molecule has 6 heteroatoms. The first-order valence-electron chi connectivity index (χ1n) is 10.9. The Hall–Kier alpha value is -3.48. The van der Waals surface area contributed by atoms with E-state index in [0.717, 1.165) is 34.3 Å². The molecule has 174 valence electrons. The Balaban J connectivity index is 2.07. The van der Waals surface area contributed by atoms with Crippen LogP contribution in [0.15, 0.2) is 66.7 Å². The van der Waals surface area contributed by atoms with Crippen molar-refractivity contribution < 1.29 is 29.5 Å².